The molecule has 3 aliphatic rings. The summed E-state index contributed by atoms with van der Waals surface area (Å²) in [4.78, 5) is 40.5. The Balaban J connectivity index is 1.76. The van der Waals surface area contributed by atoms with Crippen LogP contribution in [0.25, 0.3) is 17.0 Å². The fraction of sp³-hybridized carbons (Fsp3) is 0.360. The van der Waals surface area contributed by atoms with Crippen molar-refractivity contribution in [2.24, 2.45) is 24.6 Å². The Bertz CT molecular complexity index is 1420. The maximum absolute atomic E-state index is 13.8. The van der Waals surface area contributed by atoms with Crippen LogP contribution in [0.5, 0.6) is 5.75 Å². The summed E-state index contributed by atoms with van der Waals surface area (Å²) in [5.74, 6) is -6.72. The summed E-state index contributed by atoms with van der Waals surface area (Å²) in [7, 11) is 4.88. The number of hydrogen-bond donors (Lipinski definition) is 5. The molecule has 4 atom stereocenters. The molecule has 0 radical (unpaired) electrons. The summed E-state index contributed by atoms with van der Waals surface area (Å²) in [6.07, 6.45) is 1.86. The summed E-state index contributed by atoms with van der Waals surface area (Å²) in [6, 6.07) is 3.75. The van der Waals surface area contributed by atoms with Gasteiger partial charge in [0.05, 0.1) is 17.3 Å². The van der Waals surface area contributed by atoms with Crippen LogP contribution in [0.1, 0.15) is 17.5 Å². The lowest BCUT2D eigenvalue weighted by Gasteiger charge is -2.50. The molecule has 0 spiro atoms. The summed E-state index contributed by atoms with van der Waals surface area (Å²) in [5, 5.41) is 48.6. The van der Waals surface area contributed by atoms with Gasteiger partial charge in [-0.25, -0.2) is 0 Å². The molecule has 188 valence electrons. The molecule has 3 aliphatic carbocycles. The number of hydrogen-bond acceptors (Lipinski definition) is 9. The lowest BCUT2D eigenvalue weighted by molar-refractivity contribution is -0.153. The number of aliphatic hydroxyl groups excluding tert-OH is 2. The number of rotatable bonds is 3. The molecular formula is C25H26N4O7. The number of aromatic nitrogens is 2. The molecule has 5 rings (SSSR count). The van der Waals surface area contributed by atoms with Gasteiger partial charge in [-0.2, -0.15) is 5.10 Å². The Morgan fingerprint density at radius 1 is 1.19 bits per heavy atom. The first-order valence-electron chi connectivity index (χ1n) is 11.4. The van der Waals surface area contributed by atoms with Crippen LogP contribution in [0.2, 0.25) is 0 Å². The molecule has 1 saturated carbocycles. The van der Waals surface area contributed by atoms with E-state index in [0.29, 0.717) is 11.1 Å². The molecule has 0 bridgehead atoms. The first-order valence-corrected chi connectivity index (χ1v) is 11.4. The highest BCUT2D eigenvalue weighted by Gasteiger charge is 2.64. The number of amides is 1. The number of aromatic hydroxyl groups is 1. The van der Waals surface area contributed by atoms with Crippen molar-refractivity contribution in [2.45, 2.75) is 24.5 Å². The van der Waals surface area contributed by atoms with E-state index < -0.39 is 58.0 Å². The largest absolute Gasteiger partial charge is 0.508 e. The molecule has 11 nitrogen and oxygen atoms in total. The SMILES string of the molecule is CN(C)[C@@H]1C(=O)C(C(N)=O)=C(O)[C@@]2(O)C(=O)C3=C(O)c4c(O)ccc(-c5ccnn5C)c4C[C@H]3C[C@@H]12. The second-order valence-electron chi connectivity index (χ2n) is 9.79. The molecule has 1 aromatic carbocycles. The van der Waals surface area contributed by atoms with Gasteiger partial charge in [-0.1, -0.05) is 0 Å². The number of carbonyl (C=O) groups is 3. The molecule has 6 N–H and O–H groups in total. The molecule has 1 heterocycles. The number of fused-ring (bicyclic) bond motifs is 3. The zero-order chi connectivity index (χ0) is 26.3. The third kappa shape index (κ3) is 2.93. The number of carbonyl (C=O) groups excluding carboxylic acids is 3. The Labute approximate surface area is 205 Å². The average Bonchev–Trinajstić information content (AvgIpc) is 3.21. The van der Waals surface area contributed by atoms with Gasteiger partial charge in [0.15, 0.2) is 11.4 Å². The highest BCUT2D eigenvalue weighted by atomic mass is 16.3. The second kappa shape index (κ2) is 7.77. The van der Waals surface area contributed by atoms with Crippen molar-refractivity contribution in [3.63, 3.8) is 0 Å². The van der Waals surface area contributed by atoms with Crippen molar-refractivity contribution in [2.75, 3.05) is 14.1 Å². The normalized spacial score (nSPS) is 27.8. The molecule has 36 heavy (non-hydrogen) atoms. The Morgan fingerprint density at radius 2 is 1.89 bits per heavy atom. The van der Waals surface area contributed by atoms with Gasteiger partial charge in [0.25, 0.3) is 5.91 Å². The summed E-state index contributed by atoms with van der Waals surface area (Å²) in [6.45, 7) is 0. The highest BCUT2D eigenvalue weighted by molar-refractivity contribution is 6.24. The molecular weight excluding hydrogens is 468 g/mol. The number of nitrogens with zero attached hydrogens (tertiary/aromatic N) is 3. The van der Waals surface area contributed by atoms with Crippen LogP contribution >= 0.6 is 0 Å². The summed E-state index contributed by atoms with van der Waals surface area (Å²) in [5.41, 5.74) is 3.73. The van der Waals surface area contributed by atoms with Gasteiger partial charge < -0.3 is 26.2 Å². The van der Waals surface area contributed by atoms with Crippen molar-refractivity contribution in [1.82, 2.24) is 14.7 Å². The number of aryl methyl sites for hydroxylation is 1. The minimum atomic E-state index is -2.65. The minimum Gasteiger partial charge on any atom is -0.508 e. The van der Waals surface area contributed by atoms with E-state index in [9.17, 15) is 34.8 Å². The maximum Gasteiger partial charge on any atom is 0.255 e. The van der Waals surface area contributed by atoms with Crippen LogP contribution in [0.15, 0.2) is 41.3 Å². The molecule has 11 heteroatoms. The number of ketones is 2. The molecule has 1 fully saturated rings. The highest BCUT2D eigenvalue weighted by Crippen LogP contribution is 2.53. The first-order chi connectivity index (χ1) is 16.9. The number of nitrogens with two attached hydrogens (primary N) is 1. The van der Waals surface area contributed by atoms with Crippen LogP contribution < -0.4 is 5.73 Å². The fourth-order valence-corrected chi connectivity index (χ4v) is 6.12. The van der Waals surface area contributed by atoms with Gasteiger partial charge in [-0.15, -0.1) is 0 Å². The molecule has 2 aromatic rings. The molecule has 1 aromatic heterocycles. The van der Waals surface area contributed by atoms with Gasteiger partial charge in [0.1, 0.15) is 22.8 Å². The Kier molecular flexibility index (Phi) is 5.13. The zero-order valence-corrected chi connectivity index (χ0v) is 19.9. The number of likely N-dealkylation sites (N-methyl/N-ethyl adjacent to an activating group) is 1. The van der Waals surface area contributed by atoms with Crippen LogP contribution in [-0.2, 0) is 27.9 Å². The lowest BCUT2D eigenvalue weighted by Crippen LogP contribution is -2.65. The number of benzene rings is 1. The van der Waals surface area contributed by atoms with Crippen LogP contribution in [0, 0.1) is 11.8 Å². The number of primary amides is 1. The van der Waals surface area contributed by atoms with Gasteiger partial charge in [-0.3, -0.25) is 24.0 Å². The van der Waals surface area contributed by atoms with E-state index in [1.165, 1.54) is 11.0 Å². The zero-order valence-electron chi connectivity index (χ0n) is 19.9. The van der Waals surface area contributed by atoms with E-state index in [1.54, 1.807) is 44.2 Å². The van der Waals surface area contributed by atoms with E-state index in [1.807, 2.05) is 0 Å². The average molecular weight is 495 g/mol. The summed E-state index contributed by atoms with van der Waals surface area (Å²) >= 11 is 0. The fourth-order valence-electron chi connectivity index (χ4n) is 6.12. The molecule has 0 unspecified atom stereocenters. The lowest BCUT2D eigenvalue weighted by atomic mass is 9.57. The molecule has 1 amide bonds. The molecule has 0 aliphatic heterocycles. The van der Waals surface area contributed by atoms with E-state index in [-0.39, 0.29) is 29.7 Å². The monoisotopic (exact) mass is 494 g/mol. The van der Waals surface area contributed by atoms with E-state index >= 15 is 0 Å². The number of Topliss-reactive ketones (excluding diaryl/α,β-unsaturated/α-hetero) is 2. The quantitative estimate of drug-likeness (QED) is 0.377. The Hall–Kier alpha value is -3.96. The third-order valence-electron chi connectivity index (χ3n) is 7.70. The minimum absolute atomic E-state index is 0.0340. The van der Waals surface area contributed by atoms with Crippen LogP contribution in [-0.4, -0.2) is 78.3 Å². The van der Waals surface area contributed by atoms with E-state index in [4.69, 9.17) is 5.73 Å². The Morgan fingerprint density at radius 3 is 2.47 bits per heavy atom. The predicted octanol–water partition coefficient (Wildman–Crippen LogP) is 0.365. The van der Waals surface area contributed by atoms with Crippen LogP contribution in [0.4, 0.5) is 0 Å². The number of phenols is 1. The topological polar surface area (TPSA) is 179 Å². The number of aliphatic hydroxyl groups is 3. The third-order valence-corrected chi connectivity index (χ3v) is 7.70. The maximum atomic E-state index is 13.8. The second-order valence-corrected chi connectivity index (χ2v) is 9.79. The molecule has 0 saturated heterocycles. The van der Waals surface area contributed by atoms with Gasteiger partial charge in [0.2, 0.25) is 5.78 Å². The van der Waals surface area contributed by atoms with Gasteiger partial charge in [-0.05, 0) is 56.6 Å². The van der Waals surface area contributed by atoms with Crippen LogP contribution in [0.3, 0.4) is 0 Å². The van der Waals surface area contributed by atoms with E-state index in [0.717, 1.165) is 5.69 Å². The van der Waals surface area contributed by atoms with Crippen molar-refractivity contribution in [3.8, 4) is 17.0 Å². The summed E-state index contributed by atoms with van der Waals surface area (Å²) < 4.78 is 1.64. The van der Waals surface area contributed by atoms with Crippen molar-refractivity contribution in [1.29, 1.82) is 0 Å². The van der Waals surface area contributed by atoms with E-state index in [2.05, 4.69) is 5.10 Å². The van der Waals surface area contributed by atoms with Gasteiger partial charge in [0, 0.05) is 30.3 Å². The van der Waals surface area contributed by atoms with Crippen molar-refractivity contribution < 1.29 is 34.8 Å². The van der Waals surface area contributed by atoms with Crippen molar-refractivity contribution in [3.05, 3.63) is 52.4 Å². The smallest absolute Gasteiger partial charge is 0.255 e. The van der Waals surface area contributed by atoms with Gasteiger partial charge >= 0.3 is 0 Å². The standard InChI is InChI=1S/C25H26N4O7/c1-28(2)19-13-9-10-8-12-11(14-6-7-27-29(14)3)4-5-15(30)17(12)20(31)16(10)22(33)25(13,36)23(34)18(21(19)32)24(26)35/h4-7,10,13,19,30-31,34,36H,8-9H2,1-3H3,(H2,26,35)/t10-,13-,19-,25-/m0/s1. The van der Waals surface area contributed by atoms with Crippen molar-refractivity contribution >= 4 is 23.2 Å². The predicted molar refractivity (Wildman–Crippen MR) is 126 cm³/mol. The number of phenolic OH excluding ortho intramolecular Hbond substituents is 1. The first kappa shape index (κ1) is 23.8.